The highest BCUT2D eigenvalue weighted by atomic mass is 32.2. The van der Waals surface area contributed by atoms with Gasteiger partial charge in [0.05, 0.1) is 5.92 Å². The fraction of sp³-hybridized carbons (Fsp3) is 0.240. The molecule has 6 heteroatoms. The first-order chi connectivity index (χ1) is 15.0. The van der Waals surface area contributed by atoms with Crippen molar-refractivity contribution < 1.29 is 4.74 Å². The lowest BCUT2D eigenvalue weighted by Crippen LogP contribution is -2.35. The second-order valence-corrected chi connectivity index (χ2v) is 9.43. The van der Waals surface area contributed by atoms with Gasteiger partial charge >= 0.3 is 0 Å². The fourth-order valence-corrected chi connectivity index (χ4v) is 4.94. The first kappa shape index (κ1) is 21.6. The summed E-state index contributed by atoms with van der Waals surface area (Å²) in [4.78, 5) is 4.68. The van der Waals surface area contributed by atoms with Crippen molar-refractivity contribution in [1.82, 2.24) is 4.90 Å². The third-order valence-electron chi connectivity index (χ3n) is 5.60. The second-order valence-electron chi connectivity index (χ2n) is 7.67. The van der Waals surface area contributed by atoms with Gasteiger partial charge in [0.15, 0.2) is 0 Å². The van der Waals surface area contributed by atoms with Crippen LogP contribution in [0.3, 0.4) is 0 Å². The maximum Gasteiger partial charge on any atom is 0.205 e. The van der Waals surface area contributed by atoms with Crippen LogP contribution in [0.25, 0.3) is 6.08 Å². The molecule has 0 saturated heterocycles. The highest BCUT2D eigenvalue weighted by molar-refractivity contribution is 7.98. The maximum atomic E-state index is 9.88. The summed E-state index contributed by atoms with van der Waals surface area (Å²) in [5, 5.41) is 9.88. The number of ether oxygens (including phenoxy) is 1. The highest BCUT2D eigenvalue weighted by Gasteiger charge is 2.36. The molecule has 2 aromatic rings. The molecule has 0 aromatic heterocycles. The van der Waals surface area contributed by atoms with Crippen LogP contribution in [0.2, 0.25) is 0 Å². The summed E-state index contributed by atoms with van der Waals surface area (Å²) in [5.41, 5.74) is 11.1. The van der Waals surface area contributed by atoms with Crippen LogP contribution in [0, 0.1) is 11.3 Å². The predicted octanol–water partition coefficient (Wildman–Crippen LogP) is 5.22. The Hall–Kier alpha value is -2.59. The number of likely N-dealkylation sites (N-methyl/N-ethyl adjacent to an activating group) is 1. The van der Waals surface area contributed by atoms with Crippen LogP contribution < -0.4 is 5.73 Å². The standard InChI is InChI=1S/C25H25N3OS2/c1-28-14-18(12-16-4-8-19(30-2)9-5-16)24-22(15-28)23(21(13-26)25(27)29-24)17-6-10-20(31-3)11-7-17/h4-12,23H,14-15,27H2,1-3H3/b18-12+. The van der Waals surface area contributed by atoms with E-state index in [-0.39, 0.29) is 11.8 Å². The SMILES string of the molecule is CSc1ccc(/C=C2\CN(C)CC3=C2OC(N)=C(C#N)C3c2ccc(SC)cc2)cc1. The number of allylic oxidation sites excluding steroid dienone is 1. The number of benzene rings is 2. The Morgan fingerprint density at radius 1 is 1.03 bits per heavy atom. The summed E-state index contributed by atoms with van der Waals surface area (Å²) in [6.45, 7) is 1.49. The monoisotopic (exact) mass is 447 g/mol. The van der Waals surface area contributed by atoms with Crippen molar-refractivity contribution in [2.45, 2.75) is 15.7 Å². The largest absolute Gasteiger partial charge is 0.440 e. The first-order valence-corrected chi connectivity index (χ1v) is 12.5. The summed E-state index contributed by atoms with van der Waals surface area (Å²) in [7, 11) is 2.09. The maximum absolute atomic E-state index is 9.88. The van der Waals surface area contributed by atoms with E-state index in [4.69, 9.17) is 10.5 Å². The topological polar surface area (TPSA) is 62.3 Å². The van der Waals surface area contributed by atoms with Gasteiger partial charge in [0.25, 0.3) is 0 Å². The van der Waals surface area contributed by atoms with Gasteiger partial charge in [-0.25, -0.2) is 0 Å². The van der Waals surface area contributed by atoms with Gasteiger partial charge in [-0.05, 0) is 66.6 Å². The molecule has 4 rings (SSSR count). The van der Waals surface area contributed by atoms with Crippen LogP contribution in [0.5, 0.6) is 0 Å². The molecule has 2 aliphatic rings. The summed E-state index contributed by atoms with van der Waals surface area (Å²) >= 11 is 3.43. The van der Waals surface area contributed by atoms with E-state index in [2.05, 4.69) is 85.1 Å². The number of nitrogens with two attached hydrogens (primary N) is 1. The van der Waals surface area contributed by atoms with Crippen LogP contribution in [-0.4, -0.2) is 37.5 Å². The van der Waals surface area contributed by atoms with Gasteiger partial charge in [-0.15, -0.1) is 23.5 Å². The van der Waals surface area contributed by atoms with Gasteiger partial charge in [0, 0.05) is 28.5 Å². The Bertz CT molecular complexity index is 1110. The van der Waals surface area contributed by atoms with Crippen molar-refractivity contribution in [2.75, 3.05) is 32.6 Å². The molecule has 0 aliphatic carbocycles. The molecule has 0 bridgehead atoms. The minimum atomic E-state index is -0.199. The van der Waals surface area contributed by atoms with Crippen molar-refractivity contribution in [3.8, 4) is 6.07 Å². The summed E-state index contributed by atoms with van der Waals surface area (Å²) in [6, 6.07) is 19.2. The Balaban J connectivity index is 1.81. The van der Waals surface area contributed by atoms with E-state index in [1.165, 1.54) is 9.79 Å². The minimum Gasteiger partial charge on any atom is -0.440 e. The third kappa shape index (κ3) is 4.40. The summed E-state index contributed by atoms with van der Waals surface area (Å²) in [5.74, 6) is 0.811. The van der Waals surface area contributed by atoms with Crippen LogP contribution in [-0.2, 0) is 4.74 Å². The van der Waals surface area contributed by atoms with Crippen LogP contribution in [0.4, 0.5) is 0 Å². The van der Waals surface area contributed by atoms with Crippen LogP contribution in [0.1, 0.15) is 17.0 Å². The van der Waals surface area contributed by atoms with Crippen LogP contribution >= 0.6 is 23.5 Å². The first-order valence-electron chi connectivity index (χ1n) is 10.0. The van der Waals surface area contributed by atoms with Crippen LogP contribution in [0.15, 0.2) is 86.7 Å². The van der Waals surface area contributed by atoms with Gasteiger partial charge < -0.3 is 10.5 Å². The second kappa shape index (κ2) is 9.27. The van der Waals surface area contributed by atoms with Gasteiger partial charge in [0.2, 0.25) is 5.88 Å². The van der Waals surface area contributed by atoms with E-state index in [1.807, 2.05) is 0 Å². The zero-order valence-electron chi connectivity index (χ0n) is 17.9. The average molecular weight is 448 g/mol. The van der Waals surface area contributed by atoms with Gasteiger partial charge in [-0.2, -0.15) is 5.26 Å². The van der Waals surface area contributed by atoms with Crippen molar-refractivity contribution in [3.05, 3.63) is 88.0 Å². The molecule has 2 N–H and O–H groups in total. The van der Waals surface area contributed by atoms with Crippen molar-refractivity contribution in [1.29, 1.82) is 5.26 Å². The number of hydrogen-bond acceptors (Lipinski definition) is 6. The lowest BCUT2D eigenvalue weighted by Gasteiger charge is -2.37. The molecule has 31 heavy (non-hydrogen) atoms. The van der Waals surface area contributed by atoms with Gasteiger partial charge in [0.1, 0.15) is 17.4 Å². The highest BCUT2D eigenvalue weighted by Crippen LogP contribution is 2.43. The van der Waals surface area contributed by atoms with Crippen molar-refractivity contribution in [2.24, 2.45) is 5.73 Å². The molecule has 2 aromatic carbocycles. The molecule has 158 valence electrons. The molecule has 0 saturated carbocycles. The van der Waals surface area contributed by atoms with E-state index >= 15 is 0 Å². The molecule has 1 atom stereocenters. The molecule has 2 heterocycles. The molecule has 2 aliphatic heterocycles. The van der Waals surface area contributed by atoms with Crippen molar-refractivity contribution >= 4 is 29.6 Å². The van der Waals surface area contributed by atoms with E-state index in [0.717, 1.165) is 41.1 Å². The number of hydrogen-bond donors (Lipinski definition) is 1. The Morgan fingerprint density at radius 2 is 1.65 bits per heavy atom. The Labute approximate surface area is 192 Å². The van der Waals surface area contributed by atoms with E-state index in [1.54, 1.807) is 23.5 Å². The summed E-state index contributed by atoms with van der Waals surface area (Å²) < 4.78 is 6.08. The zero-order valence-corrected chi connectivity index (χ0v) is 19.5. The number of nitrogens with zero attached hydrogens (tertiary/aromatic N) is 2. The van der Waals surface area contributed by atoms with Gasteiger partial charge in [-0.3, -0.25) is 4.90 Å². The average Bonchev–Trinajstić information content (AvgIpc) is 2.79. The number of rotatable bonds is 4. The molecule has 0 spiro atoms. The summed E-state index contributed by atoms with van der Waals surface area (Å²) in [6.07, 6.45) is 6.29. The lowest BCUT2D eigenvalue weighted by molar-refractivity contribution is 0.251. The molecule has 4 nitrogen and oxygen atoms in total. The smallest absolute Gasteiger partial charge is 0.205 e. The number of thioether (sulfide) groups is 2. The third-order valence-corrected chi connectivity index (χ3v) is 7.09. The molecular weight excluding hydrogens is 422 g/mol. The zero-order chi connectivity index (χ0) is 22.0. The quantitative estimate of drug-likeness (QED) is 0.648. The predicted molar refractivity (Wildman–Crippen MR) is 130 cm³/mol. The number of nitriles is 1. The van der Waals surface area contributed by atoms with Crippen molar-refractivity contribution in [3.63, 3.8) is 0 Å². The van der Waals surface area contributed by atoms with E-state index in [0.29, 0.717) is 5.57 Å². The Morgan fingerprint density at radius 3 is 2.23 bits per heavy atom. The fourth-order valence-electron chi connectivity index (χ4n) is 4.12. The minimum absolute atomic E-state index is 0.199. The molecule has 1 unspecified atom stereocenters. The molecular formula is C25H25N3OS2. The molecule has 0 fully saturated rings. The molecule has 0 radical (unpaired) electrons. The lowest BCUT2D eigenvalue weighted by atomic mass is 9.80. The van der Waals surface area contributed by atoms with E-state index in [9.17, 15) is 5.26 Å². The Kier molecular flexibility index (Phi) is 6.47. The normalized spacial score (nSPS) is 20.5. The van der Waals surface area contributed by atoms with E-state index < -0.39 is 0 Å². The van der Waals surface area contributed by atoms with Gasteiger partial charge in [-0.1, -0.05) is 24.3 Å². The molecule has 0 amide bonds.